The molecule has 1 fully saturated rings. The molecule has 21 heavy (non-hydrogen) atoms. The Bertz CT molecular complexity index is 612. The number of fused-ring (bicyclic) bond motifs is 1. The van der Waals surface area contributed by atoms with Crippen molar-refractivity contribution in [3.8, 4) is 0 Å². The molecule has 0 saturated heterocycles. The lowest BCUT2D eigenvalue weighted by atomic mass is 9.73. The first-order valence-corrected chi connectivity index (χ1v) is 7.80. The summed E-state index contributed by atoms with van der Waals surface area (Å²) in [7, 11) is 1.80. The van der Waals surface area contributed by atoms with Gasteiger partial charge >= 0.3 is 0 Å². The molecule has 0 bridgehead atoms. The van der Waals surface area contributed by atoms with Crippen molar-refractivity contribution in [3.63, 3.8) is 0 Å². The summed E-state index contributed by atoms with van der Waals surface area (Å²) in [4.78, 5) is 4.37. The van der Waals surface area contributed by atoms with Crippen LogP contribution in [0.5, 0.6) is 0 Å². The summed E-state index contributed by atoms with van der Waals surface area (Å²) in [6.45, 7) is 2.31. The van der Waals surface area contributed by atoms with Crippen LogP contribution in [-0.2, 0) is 4.74 Å². The molecule has 2 N–H and O–H groups in total. The van der Waals surface area contributed by atoms with Crippen molar-refractivity contribution < 1.29 is 4.74 Å². The fraction of sp³-hybridized carbons (Fsp3) is 0.500. The van der Waals surface area contributed by atoms with E-state index in [-0.39, 0.29) is 11.6 Å². The second-order valence-electron chi connectivity index (χ2n) is 6.38. The number of benzene rings is 1. The van der Waals surface area contributed by atoms with Gasteiger partial charge in [0.25, 0.3) is 0 Å². The number of hydrogen-bond acceptors (Lipinski definition) is 3. The molecule has 1 aromatic heterocycles. The van der Waals surface area contributed by atoms with E-state index in [4.69, 9.17) is 10.5 Å². The van der Waals surface area contributed by atoms with Gasteiger partial charge in [-0.2, -0.15) is 0 Å². The largest absolute Gasteiger partial charge is 0.376 e. The zero-order valence-corrected chi connectivity index (χ0v) is 12.9. The Morgan fingerprint density at radius 3 is 2.67 bits per heavy atom. The van der Waals surface area contributed by atoms with E-state index >= 15 is 0 Å². The summed E-state index contributed by atoms with van der Waals surface area (Å²) in [5.74, 6) is 0.770. The Morgan fingerprint density at radius 1 is 1.24 bits per heavy atom. The van der Waals surface area contributed by atoms with Crippen molar-refractivity contribution in [2.45, 2.75) is 44.2 Å². The highest BCUT2D eigenvalue weighted by molar-refractivity contribution is 5.85. The van der Waals surface area contributed by atoms with Crippen LogP contribution in [0.15, 0.2) is 36.7 Å². The second-order valence-corrected chi connectivity index (χ2v) is 6.38. The number of ether oxygens (including phenoxy) is 1. The number of nitrogens with zero attached hydrogens (tertiary/aromatic N) is 1. The molecular weight excluding hydrogens is 260 g/mol. The summed E-state index contributed by atoms with van der Waals surface area (Å²) in [5.41, 5.74) is 7.51. The quantitative estimate of drug-likeness (QED) is 0.931. The molecule has 1 unspecified atom stereocenters. The van der Waals surface area contributed by atoms with E-state index in [9.17, 15) is 0 Å². The topological polar surface area (TPSA) is 48.1 Å². The summed E-state index contributed by atoms with van der Waals surface area (Å²) in [6, 6.07) is 8.17. The molecule has 1 aromatic carbocycles. The first-order chi connectivity index (χ1) is 10.2. The Labute approximate surface area is 126 Å². The molecule has 1 atom stereocenters. The van der Waals surface area contributed by atoms with E-state index in [1.165, 1.54) is 18.2 Å². The fourth-order valence-corrected chi connectivity index (χ4v) is 3.56. The van der Waals surface area contributed by atoms with E-state index in [0.717, 1.165) is 29.7 Å². The van der Waals surface area contributed by atoms with E-state index < -0.39 is 0 Å². The van der Waals surface area contributed by atoms with Crippen LogP contribution < -0.4 is 5.73 Å². The Kier molecular flexibility index (Phi) is 3.96. The van der Waals surface area contributed by atoms with E-state index in [0.29, 0.717) is 0 Å². The number of nitrogens with two attached hydrogens (primary N) is 1. The molecular formula is C18H24N2O. The maximum absolute atomic E-state index is 6.66. The lowest BCUT2D eigenvalue weighted by Gasteiger charge is -2.42. The van der Waals surface area contributed by atoms with Crippen LogP contribution in [0.25, 0.3) is 10.8 Å². The van der Waals surface area contributed by atoms with Gasteiger partial charge in [-0.15, -0.1) is 0 Å². The second kappa shape index (κ2) is 5.74. The molecule has 1 aliphatic carbocycles. The summed E-state index contributed by atoms with van der Waals surface area (Å²) < 4.78 is 5.94. The van der Waals surface area contributed by atoms with Crippen LogP contribution in [0.1, 0.15) is 44.2 Å². The van der Waals surface area contributed by atoms with Gasteiger partial charge < -0.3 is 10.5 Å². The molecule has 3 heteroatoms. The Balaban J connectivity index is 2.01. The molecule has 0 aliphatic heterocycles. The number of hydrogen-bond donors (Lipinski definition) is 1. The molecule has 112 valence electrons. The number of methoxy groups -OCH3 is 1. The first-order valence-electron chi connectivity index (χ1n) is 7.80. The Morgan fingerprint density at radius 2 is 1.95 bits per heavy atom. The fourth-order valence-electron chi connectivity index (χ4n) is 3.56. The van der Waals surface area contributed by atoms with Crippen LogP contribution in [0.4, 0.5) is 0 Å². The van der Waals surface area contributed by atoms with E-state index in [1.807, 2.05) is 18.5 Å². The predicted octanol–water partition coefficient (Wildman–Crippen LogP) is 3.83. The third kappa shape index (κ3) is 2.56. The zero-order chi connectivity index (χ0) is 14.9. The molecule has 1 saturated carbocycles. The lowest BCUT2D eigenvalue weighted by Crippen LogP contribution is -2.45. The van der Waals surface area contributed by atoms with Gasteiger partial charge in [-0.3, -0.25) is 4.98 Å². The van der Waals surface area contributed by atoms with Gasteiger partial charge in [-0.05, 0) is 42.6 Å². The van der Waals surface area contributed by atoms with Gasteiger partial charge in [0.15, 0.2) is 0 Å². The average Bonchev–Trinajstić information content (AvgIpc) is 2.55. The minimum Gasteiger partial charge on any atom is -0.376 e. The van der Waals surface area contributed by atoms with Gasteiger partial charge in [0.2, 0.25) is 0 Å². The predicted molar refractivity (Wildman–Crippen MR) is 86.0 cm³/mol. The van der Waals surface area contributed by atoms with Crippen molar-refractivity contribution in [1.29, 1.82) is 0 Å². The molecule has 2 aromatic rings. The van der Waals surface area contributed by atoms with Crippen molar-refractivity contribution in [1.82, 2.24) is 4.98 Å². The molecule has 0 radical (unpaired) electrons. The molecule has 3 rings (SSSR count). The molecule has 0 amide bonds. The molecule has 3 nitrogen and oxygen atoms in total. The van der Waals surface area contributed by atoms with Crippen LogP contribution in [0, 0.1) is 5.92 Å². The number of pyridine rings is 1. The standard InChI is InChI=1S/C18H24N2O/c1-13-7-9-18(21-2,10-8-13)17(19)16-12-20-11-14-5-3-4-6-15(14)16/h3-6,11-13,17H,7-10,19H2,1-2H3. The maximum atomic E-state index is 6.66. The number of rotatable bonds is 3. The van der Waals surface area contributed by atoms with Crippen molar-refractivity contribution >= 4 is 10.8 Å². The van der Waals surface area contributed by atoms with Gasteiger partial charge in [0.1, 0.15) is 0 Å². The third-order valence-electron chi connectivity index (χ3n) is 5.13. The monoisotopic (exact) mass is 284 g/mol. The SMILES string of the molecule is COC1(C(N)c2cncc3ccccc23)CCC(C)CC1. The Hall–Kier alpha value is -1.45. The van der Waals surface area contributed by atoms with Crippen LogP contribution in [-0.4, -0.2) is 17.7 Å². The molecule has 0 spiro atoms. The highest BCUT2D eigenvalue weighted by atomic mass is 16.5. The van der Waals surface area contributed by atoms with Crippen molar-refractivity contribution in [3.05, 3.63) is 42.2 Å². The summed E-state index contributed by atoms with van der Waals surface area (Å²) >= 11 is 0. The molecule has 1 aliphatic rings. The van der Waals surface area contributed by atoms with Gasteiger partial charge in [-0.1, -0.05) is 31.2 Å². The van der Waals surface area contributed by atoms with Gasteiger partial charge in [0.05, 0.1) is 11.6 Å². The minimum absolute atomic E-state index is 0.131. The minimum atomic E-state index is -0.252. The van der Waals surface area contributed by atoms with Gasteiger partial charge in [0, 0.05) is 24.9 Å². The average molecular weight is 284 g/mol. The highest BCUT2D eigenvalue weighted by Crippen LogP contribution is 2.42. The van der Waals surface area contributed by atoms with E-state index in [1.54, 1.807) is 7.11 Å². The summed E-state index contributed by atoms with van der Waals surface area (Å²) in [6.07, 6.45) is 8.21. The first kappa shape index (κ1) is 14.5. The number of aromatic nitrogens is 1. The zero-order valence-electron chi connectivity index (χ0n) is 12.9. The van der Waals surface area contributed by atoms with Crippen LogP contribution >= 0.6 is 0 Å². The van der Waals surface area contributed by atoms with Crippen LogP contribution in [0.3, 0.4) is 0 Å². The lowest BCUT2D eigenvalue weighted by molar-refractivity contribution is -0.0669. The van der Waals surface area contributed by atoms with Crippen LogP contribution in [0.2, 0.25) is 0 Å². The third-order valence-corrected chi connectivity index (χ3v) is 5.13. The smallest absolute Gasteiger partial charge is 0.0871 e. The molecule has 1 heterocycles. The van der Waals surface area contributed by atoms with E-state index in [2.05, 4.69) is 30.1 Å². The highest BCUT2D eigenvalue weighted by Gasteiger charge is 2.41. The normalized spacial score (nSPS) is 27.7. The summed E-state index contributed by atoms with van der Waals surface area (Å²) in [5, 5.41) is 2.33. The van der Waals surface area contributed by atoms with Gasteiger partial charge in [-0.25, -0.2) is 0 Å². The van der Waals surface area contributed by atoms with Crippen molar-refractivity contribution in [2.75, 3.05) is 7.11 Å². The van der Waals surface area contributed by atoms with Crippen molar-refractivity contribution in [2.24, 2.45) is 11.7 Å². The maximum Gasteiger partial charge on any atom is 0.0871 e.